The lowest BCUT2D eigenvalue weighted by Crippen LogP contribution is -1.98. The third-order valence-electron chi connectivity index (χ3n) is 4.93. The Morgan fingerprint density at radius 2 is 1.26 bits per heavy atom. The molecule has 3 aromatic carbocycles. The van der Waals surface area contributed by atoms with E-state index in [1.54, 1.807) is 6.20 Å². The molecule has 3 nitrogen and oxygen atoms in total. The van der Waals surface area contributed by atoms with E-state index in [4.69, 9.17) is 0 Å². The van der Waals surface area contributed by atoms with Crippen LogP contribution in [0, 0.1) is 11.3 Å². The van der Waals surface area contributed by atoms with Crippen LogP contribution in [-0.2, 0) is 0 Å². The van der Waals surface area contributed by atoms with Gasteiger partial charge in [-0.3, -0.25) is 0 Å². The van der Waals surface area contributed by atoms with E-state index in [0.29, 0.717) is 5.69 Å². The van der Waals surface area contributed by atoms with Gasteiger partial charge in [0, 0.05) is 28.1 Å². The van der Waals surface area contributed by atoms with Crippen LogP contribution in [0.2, 0.25) is 0 Å². The summed E-state index contributed by atoms with van der Waals surface area (Å²) in [7, 11) is 0. The number of rotatable bonds is 2. The lowest BCUT2D eigenvalue weighted by Gasteiger charge is -2.14. The normalized spacial score (nSPS) is 10.9. The van der Waals surface area contributed by atoms with Crippen molar-refractivity contribution >= 4 is 21.8 Å². The standard InChI is InChI=1S/C24H15N3/c25-16-21-17(11-7-15-26-21)18-8-1-4-12-22(18)27-23-13-5-2-9-19(23)20-10-3-6-14-24(20)27/h1-15H. The van der Waals surface area contributed by atoms with Crippen molar-refractivity contribution in [2.75, 3.05) is 0 Å². The highest BCUT2D eigenvalue weighted by Gasteiger charge is 2.16. The summed E-state index contributed by atoms with van der Waals surface area (Å²) in [6, 6.07) is 31.1. The van der Waals surface area contributed by atoms with Gasteiger partial charge in [-0.15, -0.1) is 0 Å². The molecule has 126 valence electrons. The molecule has 5 aromatic rings. The summed E-state index contributed by atoms with van der Waals surface area (Å²) < 4.78 is 2.27. The molecular weight excluding hydrogens is 330 g/mol. The molecule has 5 rings (SSSR count). The van der Waals surface area contributed by atoms with Crippen molar-refractivity contribution in [1.82, 2.24) is 9.55 Å². The van der Waals surface area contributed by atoms with Crippen LogP contribution in [0.4, 0.5) is 0 Å². The summed E-state index contributed by atoms with van der Waals surface area (Å²) in [6.45, 7) is 0. The minimum absolute atomic E-state index is 0.436. The fourth-order valence-electron chi connectivity index (χ4n) is 3.79. The number of para-hydroxylation sites is 3. The van der Waals surface area contributed by atoms with Crippen LogP contribution in [0.25, 0.3) is 38.6 Å². The van der Waals surface area contributed by atoms with E-state index in [1.165, 1.54) is 10.8 Å². The summed E-state index contributed by atoms with van der Waals surface area (Å²) in [5, 5.41) is 12.0. The number of hydrogen-bond acceptors (Lipinski definition) is 2. The van der Waals surface area contributed by atoms with Gasteiger partial charge in [-0.1, -0.05) is 54.6 Å². The van der Waals surface area contributed by atoms with Gasteiger partial charge >= 0.3 is 0 Å². The van der Waals surface area contributed by atoms with Gasteiger partial charge < -0.3 is 4.57 Å². The summed E-state index contributed by atoms with van der Waals surface area (Å²) in [5.74, 6) is 0. The molecule has 0 saturated carbocycles. The zero-order valence-corrected chi connectivity index (χ0v) is 14.5. The van der Waals surface area contributed by atoms with E-state index < -0.39 is 0 Å². The molecule has 0 aliphatic rings. The molecule has 0 atom stereocenters. The van der Waals surface area contributed by atoms with Gasteiger partial charge in [0.1, 0.15) is 11.8 Å². The maximum atomic E-state index is 9.53. The molecule has 0 amide bonds. The van der Waals surface area contributed by atoms with E-state index in [9.17, 15) is 5.26 Å². The molecule has 27 heavy (non-hydrogen) atoms. The van der Waals surface area contributed by atoms with Crippen molar-refractivity contribution in [1.29, 1.82) is 5.26 Å². The predicted molar refractivity (Wildman–Crippen MR) is 109 cm³/mol. The number of nitriles is 1. The molecule has 0 aliphatic carbocycles. The van der Waals surface area contributed by atoms with E-state index in [1.807, 2.05) is 24.3 Å². The first-order valence-corrected chi connectivity index (χ1v) is 8.81. The van der Waals surface area contributed by atoms with Gasteiger partial charge in [-0.2, -0.15) is 5.26 Å². The maximum absolute atomic E-state index is 9.53. The van der Waals surface area contributed by atoms with E-state index in [0.717, 1.165) is 27.8 Å². The average molecular weight is 345 g/mol. The third kappa shape index (κ3) is 2.32. The molecular formula is C24H15N3. The van der Waals surface area contributed by atoms with Crippen molar-refractivity contribution in [3.63, 3.8) is 0 Å². The number of pyridine rings is 1. The first-order chi connectivity index (χ1) is 13.4. The van der Waals surface area contributed by atoms with E-state index in [2.05, 4.69) is 76.3 Å². The maximum Gasteiger partial charge on any atom is 0.148 e. The number of hydrogen-bond donors (Lipinski definition) is 0. The van der Waals surface area contributed by atoms with Crippen LogP contribution >= 0.6 is 0 Å². The van der Waals surface area contributed by atoms with Crippen molar-refractivity contribution in [3.05, 3.63) is 96.8 Å². The Bertz CT molecular complexity index is 1290. The quantitative estimate of drug-likeness (QED) is 0.411. The summed E-state index contributed by atoms with van der Waals surface area (Å²) >= 11 is 0. The summed E-state index contributed by atoms with van der Waals surface area (Å²) in [4.78, 5) is 4.25. The Morgan fingerprint density at radius 3 is 1.96 bits per heavy atom. The van der Waals surface area contributed by atoms with Gasteiger partial charge in [-0.25, -0.2) is 4.98 Å². The highest BCUT2D eigenvalue weighted by molar-refractivity contribution is 6.09. The Kier molecular flexibility index (Phi) is 3.48. The Labute approximate surface area is 156 Å². The van der Waals surface area contributed by atoms with Crippen molar-refractivity contribution < 1.29 is 0 Å². The second-order valence-electron chi connectivity index (χ2n) is 6.40. The van der Waals surface area contributed by atoms with Crippen LogP contribution in [0.5, 0.6) is 0 Å². The molecule has 0 unspecified atom stereocenters. The number of benzene rings is 3. The van der Waals surface area contributed by atoms with Crippen LogP contribution in [0.3, 0.4) is 0 Å². The SMILES string of the molecule is N#Cc1ncccc1-c1ccccc1-n1c2ccccc2c2ccccc21. The minimum atomic E-state index is 0.436. The monoisotopic (exact) mass is 345 g/mol. The third-order valence-corrected chi connectivity index (χ3v) is 4.93. The highest BCUT2D eigenvalue weighted by Crippen LogP contribution is 2.36. The van der Waals surface area contributed by atoms with Crippen LogP contribution in [0.15, 0.2) is 91.1 Å². The van der Waals surface area contributed by atoms with Crippen molar-refractivity contribution in [3.8, 4) is 22.9 Å². The largest absolute Gasteiger partial charge is 0.309 e. The molecule has 0 radical (unpaired) electrons. The zero-order valence-electron chi connectivity index (χ0n) is 14.5. The van der Waals surface area contributed by atoms with E-state index in [-0.39, 0.29) is 0 Å². The first-order valence-electron chi connectivity index (χ1n) is 8.81. The summed E-state index contributed by atoms with van der Waals surface area (Å²) in [6.07, 6.45) is 1.66. The van der Waals surface area contributed by atoms with Gasteiger partial charge in [0.2, 0.25) is 0 Å². The zero-order chi connectivity index (χ0) is 18.2. The Morgan fingerprint density at radius 1 is 0.667 bits per heavy atom. The molecule has 0 aliphatic heterocycles. The molecule has 2 aromatic heterocycles. The predicted octanol–water partition coefficient (Wildman–Crippen LogP) is 5.72. The number of fused-ring (bicyclic) bond motifs is 3. The highest BCUT2D eigenvalue weighted by atomic mass is 15.0. The molecule has 0 saturated heterocycles. The van der Waals surface area contributed by atoms with Crippen LogP contribution < -0.4 is 0 Å². The Hall–Kier alpha value is -3.90. The second kappa shape index (κ2) is 6.12. The minimum Gasteiger partial charge on any atom is -0.309 e. The molecule has 0 N–H and O–H groups in total. The van der Waals surface area contributed by atoms with Crippen molar-refractivity contribution in [2.24, 2.45) is 0 Å². The topological polar surface area (TPSA) is 41.6 Å². The van der Waals surface area contributed by atoms with Gasteiger partial charge in [0.15, 0.2) is 0 Å². The van der Waals surface area contributed by atoms with Gasteiger partial charge in [0.25, 0.3) is 0 Å². The number of aromatic nitrogens is 2. The fraction of sp³-hybridized carbons (Fsp3) is 0. The molecule has 0 bridgehead atoms. The first kappa shape index (κ1) is 15.4. The molecule has 0 fully saturated rings. The van der Waals surface area contributed by atoms with Crippen LogP contribution in [0.1, 0.15) is 5.69 Å². The lowest BCUT2D eigenvalue weighted by atomic mass is 10.0. The summed E-state index contributed by atoms with van der Waals surface area (Å²) in [5.41, 5.74) is 5.61. The molecule has 0 spiro atoms. The fourth-order valence-corrected chi connectivity index (χ4v) is 3.79. The average Bonchev–Trinajstić information content (AvgIpc) is 3.08. The van der Waals surface area contributed by atoms with Gasteiger partial charge in [-0.05, 0) is 30.3 Å². The van der Waals surface area contributed by atoms with Crippen molar-refractivity contribution in [2.45, 2.75) is 0 Å². The molecule has 3 heteroatoms. The lowest BCUT2D eigenvalue weighted by molar-refractivity contribution is 1.17. The molecule has 2 heterocycles. The number of nitrogens with zero attached hydrogens (tertiary/aromatic N) is 3. The Balaban J connectivity index is 1.92. The van der Waals surface area contributed by atoms with E-state index >= 15 is 0 Å². The van der Waals surface area contributed by atoms with Gasteiger partial charge in [0.05, 0.1) is 16.7 Å². The van der Waals surface area contributed by atoms with Crippen LogP contribution in [-0.4, -0.2) is 9.55 Å². The second-order valence-corrected chi connectivity index (χ2v) is 6.40. The smallest absolute Gasteiger partial charge is 0.148 e.